The quantitative estimate of drug-likeness (QED) is 0.567. The molecule has 1 atom stereocenters. The smallest absolute Gasteiger partial charge is 0.255 e. The number of unbranched alkanes of at least 4 members (excludes halogenated alkanes) is 3. The Hall–Kier alpha value is -2.14. The van der Waals surface area contributed by atoms with E-state index in [0.29, 0.717) is 13.2 Å². The van der Waals surface area contributed by atoms with Crippen molar-refractivity contribution >= 4 is 17.7 Å². The number of carbonyl (C=O) groups excluding carboxylic acids is 1. The molecule has 0 unspecified atom stereocenters. The topological polar surface area (TPSA) is 38.8 Å². The first-order valence-corrected chi connectivity index (χ1v) is 11.7. The van der Waals surface area contributed by atoms with Crippen LogP contribution >= 0.6 is 11.8 Å². The number of hydrogen-bond acceptors (Lipinski definition) is 4. The molecule has 1 saturated heterocycles. The van der Waals surface area contributed by atoms with Gasteiger partial charge in [0, 0.05) is 17.9 Å². The van der Waals surface area contributed by atoms with Crippen molar-refractivity contribution < 1.29 is 14.3 Å². The Kier molecular flexibility index (Phi) is 6.65. The standard InChI is InChI=1S/C24H29NO3S/c1-2-3-4-5-6-18-7-9-19(10-8-18)23(26)25-13-16-29-24(25)20-11-12-21-22(17-20)28-15-14-27-21/h7-12,17,24H,2-6,13-16H2,1H3/t24-/m1/s1. The molecule has 0 aromatic heterocycles. The van der Waals surface area contributed by atoms with E-state index in [2.05, 4.69) is 25.1 Å². The van der Waals surface area contributed by atoms with Crippen molar-refractivity contribution in [2.75, 3.05) is 25.5 Å². The molecule has 0 radical (unpaired) electrons. The van der Waals surface area contributed by atoms with Crippen molar-refractivity contribution in [1.29, 1.82) is 0 Å². The van der Waals surface area contributed by atoms with E-state index in [1.807, 2.05) is 29.2 Å². The zero-order valence-electron chi connectivity index (χ0n) is 17.1. The molecule has 4 rings (SSSR count). The van der Waals surface area contributed by atoms with Crippen LogP contribution in [0.25, 0.3) is 0 Å². The van der Waals surface area contributed by atoms with Crippen LogP contribution in [0.4, 0.5) is 0 Å². The average molecular weight is 412 g/mol. The van der Waals surface area contributed by atoms with Gasteiger partial charge in [-0.05, 0) is 48.2 Å². The normalized spacial score (nSPS) is 18.1. The lowest BCUT2D eigenvalue weighted by molar-refractivity contribution is 0.0760. The molecule has 0 N–H and O–H groups in total. The van der Waals surface area contributed by atoms with Gasteiger partial charge in [-0.25, -0.2) is 0 Å². The third-order valence-electron chi connectivity index (χ3n) is 5.52. The minimum Gasteiger partial charge on any atom is -0.486 e. The first-order valence-electron chi connectivity index (χ1n) is 10.7. The zero-order valence-corrected chi connectivity index (χ0v) is 17.9. The van der Waals surface area contributed by atoms with Gasteiger partial charge in [0.1, 0.15) is 18.6 Å². The Bertz CT molecular complexity index is 837. The van der Waals surface area contributed by atoms with Gasteiger partial charge in [0.25, 0.3) is 5.91 Å². The number of nitrogens with zero attached hydrogens (tertiary/aromatic N) is 1. The molecule has 2 aromatic rings. The van der Waals surface area contributed by atoms with Gasteiger partial charge in [0.15, 0.2) is 11.5 Å². The number of aryl methyl sites for hydroxylation is 1. The highest BCUT2D eigenvalue weighted by molar-refractivity contribution is 7.99. The third-order valence-corrected chi connectivity index (χ3v) is 6.78. The lowest BCUT2D eigenvalue weighted by Gasteiger charge is -2.26. The Balaban J connectivity index is 1.44. The molecule has 2 aromatic carbocycles. The fraction of sp³-hybridized carbons (Fsp3) is 0.458. The van der Waals surface area contributed by atoms with Gasteiger partial charge in [0.05, 0.1) is 0 Å². The molecule has 2 heterocycles. The highest BCUT2D eigenvalue weighted by Gasteiger charge is 2.32. The van der Waals surface area contributed by atoms with Crippen LogP contribution < -0.4 is 9.47 Å². The summed E-state index contributed by atoms with van der Waals surface area (Å²) < 4.78 is 11.4. The number of hydrogen-bond donors (Lipinski definition) is 0. The van der Waals surface area contributed by atoms with Crippen molar-refractivity contribution in [1.82, 2.24) is 4.90 Å². The highest BCUT2D eigenvalue weighted by atomic mass is 32.2. The van der Waals surface area contributed by atoms with Gasteiger partial charge in [-0.3, -0.25) is 4.79 Å². The second-order valence-corrected chi connectivity index (χ2v) is 8.82. The number of amides is 1. The number of ether oxygens (including phenoxy) is 2. The Morgan fingerprint density at radius 1 is 1.03 bits per heavy atom. The van der Waals surface area contributed by atoms with Gasteiger partial charge in [0.2, 0.25) is 0 Å². The van der Waals surface area contributed by atoms with Crippen LogP contribution in [0.3, 0.4) is 0 Å². The molecular formula is C24H29NO3S. The van der Waals surface area contributed by atoms with Crippen LogP contribution in [0.5, 0.6) is 11.5 Å². The van der Waals surface area contributed by atoms with Crippen molar-refractivity contribution in [2.45, 2.75) is 44.4 Å². The van der Waals surface area contributed by atoms with Crippen LogP contribution in [0.1, 0.15) is 59.5 Å². The van der Waals surface area contributed by atoms with E-state index in [1.54, 1.807) is 11.8 Å². The van der Waals surface area contributed by atoms with E-state index in [9.17, 15) is 4.79 Å². The summed E-state index contributed by atoms with van der Waals surface area (Å²) in [7, 11) is 0. The zero-order chi connectivity index (χ0) is 20.1. The lowest BCUT2D eigenvalue weighted by Crippen LogP contribution is -2.30. The lowest BCUT2D eigenvalue weighted by atomic mass is 10.0. The average Bonchev–Trinajstić information content (AvgIpc) is 3.26. The number of thioether (sulfide) groups is 1. The largest absolute Gasteiger partial charge is 0.486 e. The van der Waals surface area contributed by atoms with E-state index >= 15 is 0 Å². The van der Waals surface area contributed by atoms with Crippen LogP contribution in [-0.4, -0.2) is 36.3 Å². The molecule has 2 aliphatic heterocycles. The number of carbonyl (C=O) groups is 1. The second-order valence-electron chi connectivity index (χ2n) is 7.63. The summed E-state index contributed by atoms with van der Waals surface area (Å²) in [5.74, 6) is 2.62. The summed E-state index contributed by atoms with van der Waals surface area (Å²) in [6, 6.07) is 14.2. The summed E-state index contributed by atoms with van der Waals surface area (Å²) in [5, 5.41) is 0.0204. The van der Waals surface area contributed by atoms with Crippen molar-refractivity contribution in [3.05, 3.63) is 59.2 Å². The summed E-state index contributed by atoms with van der Waals surface area (Å²) in [4.78, 5) is 15.2. The highest BCUT2D eigenvalue weighted by Crippen LogP contribution is 2.42. The molecule has 0 aliphatic carbocycles. The summed E-state index contributed by atoms with van der Waals surface area (Å²) in [5.41, 5.74) is 3.18. The Morgan fingerprint density at radius 3 is 2.62 bits per heavy atom. The van der Waals surface area contributed by atoms with E-state index < -0.39 is 0 Å². The predicted molar refractivity (Wildman–Crippen MR) is 118 cm³/mol. The van der Waals surface area contributed by atoms with E-state index in [4.69, 9.17) is 9.47 Å². The fourth-order valence-electron chi connectivity index (χ4n) is 3.90. The van der Waals surface area contributed by atoms with Crippen LogP contribution in [-0.2, 0) is 6.42 Å². The predicted octanol–water partition coefficient (Wildman–Crippen LogP) is 5.47. The summed E-state index contributed by atoms with van der Waals surface area (Å²) in [6.45, 7) is 4.15. The van der Waals surface area contributed by atoms with E-state index in [1.165, 1.54) is 31.2 Å². The molecule has 0 saturated carbocycles. The first kappa shape index (κ1) is 20.1. The van der Waals surface area contributed by atoms with Crippen molar-refractivity contribution in [2.24, 2.45) is 0 Å². The molecule has 154 valence electrons. The molecule has 2 aliphatic rings. The van der Waals surface area contributed by atoms with E-state index in [-0.39, 0.29) is 11.3 Å². The van der Waals surface area contributed by atoms with Gasteiger partial charge in [-0.2, -0.15) is 0 Å². The maximum absolute atomic E-state index is 13.2. The van der Waals surface area contributed by atoms with Crippen LogP contribution in [0.2, 0.25) is 0 Å². The molecule has 1 fully saturated rings. The third kappa shape index (κ3) is 4.72. The number of benzene rings is 2. The molecule has 5 heteroatoms. The number of fused-ring (bicyclic) bond motifs is 1. The molecule has 1 amide bonds. The van der Waals surface area contributed by atoms with Crippen molar-refractivity contribution in [3.63, 3.8) is 0 Å². The van der Waals surface area contributed by atoms with Crippen LogP contribution in [0.15, 0.2) is 42.5 Å². The monoisotopic (exact) mass is 411 g/mol. The summed E-state index contributed by atoms with van der Waals surface area (Å²) in [6.07, 6.45) is 6.14. The minimum atomic E-state index is 0.0204. The maximum atomic E-state index is 13.2. The SMILES string of the molecule is CCCCCCc1ccc(C(=O)N2CCS[C@@H]2c2ccc3c(c2)OCCO3)cc1. The molecule has 29 heavy (non-hydrogen) atoms. The molecular weight excluding hydrogens is 382 g/mol. The summed E-state index contributed by atoms with van der Waals surface area (Å²) >= 11 is 1.80. The van der Waals surface area contributed by atoms with E-state index in [0.717, 1.165) is 41.3 Å². The fourth-order valence-corrected chi connectivity index (χ4v) is 5.15. The Morgan fingerprint density at radius 2 is 1.83 bits per heavy atom. The molecule has 0 bridgehead atoms. The van der Waals surface area contributed by atoms with Gasteiger partial charge >= 0.3 is 0 Å². The van der Waals surface area contributed by atoms with Gasteiger partial charge in [-0.15, -0.1) is 11.8 Å². The Labute approximate surface area is 177 Å². The first-order chi connectivity index (χ1) is 14.3. The second kappa shape index (κ2) is 9.57. The van der Waals surface area contributed by atoms with Crippen LogP contribution in [0, 0.1) is 0 Å². The van der Waals surface area contributed by atoms with Gasteiger partial charge in [-0.1, -0.05) is 44.4 Å². The number of rotatable bonds is 7. The molecule has 4 nitrogen and oxygen atoms in total. The maximum Gasteiger partial charge on any atom is 0.255 e. The van der Waals surface area contributed by atoms with Crippen molar-refractivity contribution in [3.8, 4) is 11.5 Å². The molecule has 0 spiro atoms. The minimum absolute atomic E-state index is 0.0204. The van der Waals surface area contributed by atoms with Gasteiger partial charge < -0.3 is 14.4 Å².